The van der Waals surface area contributed by atoms with E-state index in [-0.39, 0.29) is 36.4 Å². The topological polar surface area (TPSA) is 47.9 Å². The van der Waals surface area contributed by atoms with Crippen molar-refractivity contribution >= 4 is 35.8 Å². The molecule has 1 rings (SSSR count). The predicted molar refractivity (Wildman–Crippen MR) is 80.9 cm³/mol. The predicted octanol–water partition coefficient (Wildman–Crippen LogP) is 0.754. The van der Waals surface area contributed by atoms with Crippen molar-refractivity contribution in [3.63, 3.8) is 0 Å². The van der Waals surface area contributed by atoms with Gasteiger partial charge in [0.25, 0.3) is 0 Å². The van der Waals surface area contributed by atoms with Gasteiger partial charge in [0.15, 0.2) is 5.96 Å². The number of nitrogens with zero attached hydrogens (tertiary/aromatic N) is 3. The van der Waals surface area contributed by atoms with Crippen molar-refractivity contribution in [2.24, 2.45) is 4.99 Å². The minimum absolute atomic E-state index is 0. The van der Waals surface area contributed by atoms with E-state index in [4.69, 9.17) is 0 Å². The number of amides is 1. The average Bonchev–Trinajstić information content (AvgIpc) is 2.76. The Morgan fingerprint density at radius 1 is 1.35 bits per heavy atom. The van der Waals surface area contributed by atoms with Gasteiger partial charge in [-0.15, -0.1) is 24.0 Å². The Labute approximate surface area is 121 Å². The maximum atomic E-state index is 11.7. The number of carbonyl (C=O) groups is 1. The molecule has 0 radical (unpaired) electrons. The van der Waals surface area contributed by atoms with Gasteiger partial charge in [0, 0.05) is 33.7 Å². The first-order chi connectivity index (χ1) is 7.65. The molecule has 0 aromatic rings. The lowest BCUT2D eigenvalue weighted by Crippen LogP contribution is -2.38. The van der Waals surface area contributed by atoms with E-state index in [1.807, 2.05) is 30.8 Å². The van der Waals surface area contributed by atoms with Crippen molar-refractivity contribution in [1.29, 1.82) is 0 Å². The molecule has 5 nitrogen and oxygen atoms in total. The molecule has 17 heavy (non-hydrogen) atoms. The third-order valence-electron chi connectivity index (χ3n) is 2.58. The fourth-order valence-corrected chi connectivity index (χ4v) is 1.72. The number of rotatable bonds is 3. The second-order valence-corrected chi connectivity index (χ2v) is 4.15. The van der Waals surface area contributed by atoms with Crippen LogP contribution in [0, 0.1) is 0 Å². The van der Waals surface area contributed by atoms with Gasteiger partial charge in [-0.2, -0.15) is 0 Å². The number of nitrogens with one attached hydrogen (secondary N) is 1. The van der Waals surface area contributed by atoms with E-state index in [0.29, 0.717) is 0 Å². The normalized spacial score (nSPS) is 15.5. The highest BCUT2D eigenvalue weighted by Gasteiger charge is 2.17. The zero-order valence-corrected chi connectivity index (χ0v) is 13.2. The lowest BCUT2D eigenvalue weighted by atomic mass is 10.4. The first-order valence-corrected chi connectivity index (χ1v) is 5.88. The highest BCUT2D eigenvalue weighted by atomic mass is 127. The standard InChI is InChI=1S/C11H22N4O.HI/c1-4-12-11(14(2)3)13-9-10(16)15-7-5-6-8-15;/h4-9H2,1-3H3,(H,12,13);1H. The smallest absolute Gasteiger partial charge is 0.244 e. The van der Waals surface area contributed by atoms with Crippen molar-refractivity contribution in [3.8, 4) is 0 Å². The minimum Gasteiger partial charge on any atom is -0.357 e. The SMILES string of the molecule is CCNC(=NCC(=O)N1CCCC1)N(C)C.I. The second-order valence-electron chi connectivity index (χ2n) is 4.15. The van der Waals surface area contributed by atoms with Crippen LogP contribution in [0.25, 0.3) is 0 Å². The van der Waals surface area contributed by atoms with Crippen molar-refractivity contribution in [1.82, 2.24) is 15.1 Å². The molecule has 0 aromatic carbocycles. The molecular weight excluding hydrogens is 331 g/mol. The van der Waals surface area contributed by atoms with Crippen LogP contribution in [-0.4, -0.2) is 61.9 Å². The third-order valence-corrected chi connectivity index (χ3v) is 2.58. The number of carbonyl (C=O) groups excluding carboxylic acids is 1. The van der Waals surface area contributed by atoms with Crippen molar-refractivity contribution in [2.45, 2.75) is 19.8 Å². The number of hydrogen-bond donors (Lipinski definition) is 1. The Bertz CT molecular complexity index is 262. The average molecular weight is 354 g/mol. The fourth-order valence-electron chi connectivity index (χ4n) is 1.72. The van der Waals surface area contributed by atoms with Crippen LogP contribution < -0.4 is 5.32 Å². The summed E-state index contributed by atoms with van der Waals surface area (Å²) in [5, 5.41) is 3.13. The van der Waals surface area contributed by atoms with Gasteiger partial charge in [0.05, 0.1) is 0 Å². The summed E-state index contributed by atoms with van der Waals surface area (Å²) in [6.45, 7) is 4.87. The highest BCUT2D eigenvalue weighted by molar-refractivity contribution is 14.0. The summed E-state index contributed by atoms with van der Waals surface area (Å²) in [6.07, 6.45) is 2.26. The molecule has 0 atom stereocenters. The summed E-state index contributed by atoms with van der Waals surface area (Å²) >= 11 is 0. The molecular formula is C11H23IN4O. The zero-order valence-electron chi connectivity index (χ0n) is 10.9. The van der Waals surface area contributed by atoms with Gasteiger partial charge >= 0.3 is 0 Å². The molecule has 0 aromatic heterocycles. The largest absolute Gasteiger partial charge is 0.357 e. The Kier molecular flexibility index (Phi) is 8.28. The zero-order chi connectivity index (χ0) is 12.0. The molecule has 0 bridgehead atoms. The van der Waals surface area contributed by atoms with Gasteiger partial charge in [-0.05, 0) is 19.8 Å². The summed E-state index contributed by atoms with van der Waals surface area (Å²) < 4.78 is 0. The summed E-state index contributed by atoms with van der Waals surface area (Å²) in [4.78, 5) is 19.8. The minimum atomic E-state index is 0. The first kappa shape index (κ1) is 16.5. The fraction of sp³-hybridized carbons (Fsp3) is 0.818. The molecule has 1 saturated heterocycles. The molecule has 0 spiro atoms. The number of halogens is 1. The van der Waals surface area contributed by atoms with Crippen molar-refractivity contribution in [3.05, 3.63) is 0 Å². The van der Waals surface area contributed by atoms with E-state index < -0.39 is 0 Å². The van der Waals surface area contributed by atoms with Crippen LogP contribution in [0.3, 0.4) is 0 Å². The molecule has 1 aliphatic heterocycles. The van der Waals surface area contributed by atoms with Crippen LogP contribution >= 0.6 is 24.0 Å². The number of aliphatic imine (C=N–C) groups is 1. The van der Waals surface area contributed by atoms with Crippen LogP contribution in [0.5, 0.6) is 0 Å². The molecule has 1 aliphatic rings. The van der Waals surface area contributed by atoms with E-state index in [2.05, 4.69) is 10.3 Å². The lowest BCUT2D eigenvalue weighted by molar-refractivity contribution is -0.128. The maximum Gasteiger partial charge on any atom is 0.244 e. The lowest BCUT2D eigenvalue weighted by Gasteiger charge is -2.18. The van der Waals surface area contributed by atoms with Crippen LogP contribution in [0.1, 0.15) is 19.8 Å². The van der Waals surface area contributed by atoms with Crippen molar-refractivity contribution in [2.75, 3.05) is 40.3 Å². The molecule has 1 fully saturated rings. The van der Waals surface area contributed by atoms with Crippen LogP contribution in [-0.2, 0) is 4.79 Å². The quantitative estimate of drug-likeness (QED) is 0.462. The Balaban J connectivity index is 0.00000256. The Morgan fingerprint density at radius 2 is 1.94 bits per heavy atom. The van der Waals surface area contributed by atoms with Gasteiger partial charge < -0.3 is 15.1 Å². The molecule has 1 amide bonds. The van der Waals surface area contributed by atoms with E-state index in [1.165, 1.54) is 0 Å². The molecule has 1 N–H and O–H groups in total. The second kappa shape index (κ2) is 8.54. The molecule has 6 heteroatoms. The molecule has 0 aliphatic carbocycles. The van der Waals surface area contributed by atoms with Gasteiger partial charge in [-0.3, -0.25) is 4.79 Å². The van der Waals surface area contributed by atoms with E-state index >= 15 is 0 Å². The molecule has 0 saturated carbocycles. The maximum absolute atomic E-state index is 11.7. The van der Waals surface area contributed by atoms with Gasteiger partial charge in [-0.1, -0.05) is 0 Å². The Hall–Kier alpha value is -0.530. The Morgan fingerprint density at radius 3 is 2.41 bits per heavy atom. The van der Waals surface area contributed by atoms with Gasteiger partial charge in [0.1, 0.15) is 6.54 Å². The summed E-state index contributed by atoms with van der Waals surface area (Å²) in [7, 11) is 3.84. The van der Waals surface area contributed by atoms with Crippen LogP contribution in [0.4, 0.5) is 0 Å². The monoisotopic (exact) mass is 354 g/mol. The van der Waals surface area contributed by atoms with E-state index in [9.17, 15) is 4.79 Å². The number of likely N-dealkylation sites (tertiary alicyclic amines) is 1. The van der Waals surface area contributed by atoms with Gasteiger partial charge in [-0.25, -0.2) is 4.99 Å². The molecule has 100 valence electrons. The third kappa shape index (κ3) is 5.56. The summed E-state index contributed by atoms with van der Waals surface area (Å²) in [5.41, 5.74) is 0. The van der Waals surface area contributed by atoms with Crippen molar-refractivity contribution < 1.29 is 4.79 Å². The summed E-state index contributed by atoms with van der Waals surface area (Å²) in [5.74, 6) is 0.907. The molecule has 0 unspecified atom stereocenters. The van der Waals surface area contributed by atoms with Gasteiger partial charge in [0.2, 0.25) is 5.91 Å². The van der Waals surface area contributed by atoms with Crippen LogP contribution in [0.15, 0.2) is 4.99 Å². The number of hydrogen-bond acceptors (Lipinski definition) is 2. The number of guanidine groups is 1. The van der Waals surface area contributed by atoms with E-state index in [1.54, 1.807) is 0 Å². The van der Waals surface area contributed by atoms with E-state index in [0.717, 1.165) is 38.4 Å². The van der Waals surface area contributed by atoms with Crippen LogP contribution in [0.2, 0.25) is 0 Å². The highest BCUT2D eigenvalue weighted by Crippen LogP contribution is 2.07. The first-order valence-electron chi connectivity index (χ1n) is 5.88. The summed E-state index contributed by atoms with van der Waals surface area (Å²) in [6, 6.07) is 0. The molecule has 1 heterocycles.